The first kappa shape index (κ1) is 46.0. The van der Waals surface area contributed by atoms with E-state index in [1.807, 2.05) is 29.2 Å². The number of nitrogens with one attached hydrogen (secondary N) is 1. The van der Waals surface area contributed by atoms with Gasteiger partial charge in [-0.25, -0.2) is 28.0 Å². The van der Waals surface area contributed by atoms with E-state index in [1.54, 1.807) is 54.4 Å². The second-order valence-corrected chi connectivity index (χ2v) is 14.1. The second-order valence-electron chi connectivity index (χ2n) is 13.6. The minimum absolute atomic E-state index is 0.0158. The van der Waals surface area contributed by atoms with Crippen molar-refractivity contribution in [2.75, 3.05) is 64.8 Å². The van der Waals surface area contributed by atoms with Crippen molar-refractivity contribution in [1.82, 2.24) is 9.80 Å². The monoisotopic (exact) mass is 880 g/mol. The van der Waals surface area contributed by atoms with Crippen LogP contribution in [0.3, 0.4) is 0 Å². The zero-order chi connectivity index (χ0) is 42.7. The van der Waals surface area contributed by atoms with Crippen LogP contribution in [-0.2, 0) is 21.3 Å². The lowest BCUT2D eigenvalue weighted by atomic mass is 10.1. The van der Waals surface area contributed by atoms with Crippen LogP contribution in [0.15, 0.2) is 84.9 Å². The number of alkyl halides is 1. The van der Waals surface area contributed by atoms with E-state index in [0.717, 1.165) is 62.7 Å². The van der Waals surface area contributed by atoms with Gasteiger partial charge in [0, 0.05) is 60.6 Å². The summed E-state index contributed by atoms with van der Waals surface area (Å²) in [7, 11) is 5.68. The molecule has 0 unspecified atom stereocenters. The van der Waals surface area contributed by atoms with E-state index in [0.29, 0.717) is 41.0 Å². The van der Waals surface area contributed by atoms with Crippen LogP contribution in [0.1, 0.15) is 70.4 Å². The predicted octanol–water partition coefficient (Wildman–Crippen LogP) is 9.45. The fourth-order valence-corrected chi connectivity index (χ4v) is 6.75. The highest BCUT2D eigenvalue weighted by Gasteiger charge is 2.26. The number of likely N-dealkylation sites (tertiary alicyclic amines) is 2. The highest BCUT2D eigenvalue weighted by molar-refractivity contribution is 9.08. The Morgan fingerprint density at radius 2 is 1.15 bits per heavy atom. The van der Waals surface area contributed by atoms with Crippen molar-refractivity contribution in [3.8, 4) is 11.5 Å². The molecule has 2 aliphatic heterocycles. The first-order valence-corrected chi connectivity index (χ1v) is 20.3. The molecule has 59 heavy (non-hydrogen) atoms. The number of anilines is 2. The zero-order valence-corrected chi connectivity index (χ0v) is 35.4. The average molecular weight is 882 g/mol. The Morgan fingerprint density at radius 3 is 1.66 bits per heavy atom. The van der Waals surface area contributed by atoms with Crippen molar-refractivity contribution in [2.24, 2.45) is 0 Å². The first-order chi connectivity index (χ1) is 28.5. The van der Waals surface area contributed by atoms with Crippen LogP contribution in [0.4, 0.5) is 29.7 Å². The van der Waals surface area contributed by atoms with Crippen LogP contribution >= 0.6 is 15.9 Å². The van der Waals surface area contributed by atoms with Gasteiger partial charge in [-0.1, -0.05) is 40.2 Å². The predicted molar refractivity (Wildman–Crippen MR) is 226 cm³/mol. The number of amides is 4. The van der Waals surface area contributed by atoms with E-state index in [2.05, 4.69) is 30.7 Å². The number of benzene rings is 4. The molecular weight excluding hydrogens is 830 g/mol. The quantitative estimate of drug-likeness (QED) is 0.130. The van der Waals surface area contributed by atoms with Gasteiger partial charge in [-0.3, -0.25) is 4.90 Å². The fraction of sp³-hybridized carbons (Fsp3) is 0.364. The Labute approximate surface area is 352 Å². The lowest BCUT2D eigenvalue weighted by molar-refractivity contribution is 0.0591. The number of methoxy groups -OCH3 is 4. The molecule has 12 nitrogen and oxygen atoms in total. The lowest BCUT2D eigenvalue weighted by Crippen LogP contribution is -2.45. The molecule has 2 saturated heterocycles. The number of nitrogens with zero attached hydrogens (tertiary/aromatic N) is 3. The molecule has 0 saturated carbocycles. The summed E-state index contributed by atoms with van der Waals surface area (Å²) in [6.07, 6.45) is 6.45. The maximum atomic E-state index is 14.7. The zero-order valence-electron chi connectivity index (χ0n) is 33.8. The molecule has 2 heterocycles. The van der Waals surface area contributed by atoms with Gasteiger partial charge in [0.05, 0.1) is 46.1 Å². The van der Waals surface area contributed by atoms with Gasteiger partial charge in [-0.15, -0.1) is 0 Å². The molecule has 4 aromatic carbocycles. The topological polar surface area (TPSA) is 127 Å². The number of urea groups is 2. The van der Waals surface area contributed by atoms with E-state index in [-0.39, 0.29) is 29.7 Å². The summed E-state index contributed by atoms with van der Waals surface area (Å²) in [4.78, 5) is 53.0. The first-order valence-electron chi connectivity index (χ1n) is 19.2. The maximum absolute atomic E-state index is 14.7. The molecule has 0 aliphatic carbocycles. The van der Waals surface area contributed by atoms with Crippen LogP contribution in [0.25, 0.3) is 0 Å². The van der Waals surface area contributed by atoms with Gasteiger partial charge < -0.3 is 34.1 Å². The van der Waals surface area contributed by atoms with E-state index in [9.17, 15) is 28.0 Å². The molecule has 4 aromatic rings. The number of carbonyl (C=O) groups is 4. The van der Waals surface area contributed by atoms with Gasteiger partial charge in [0.1, 0.15) is 23.1 Å². The standard InChI is InChI=1S/C22H25FN2O4.C13H18N2O2.C9H8BrFO2/c1-28-19-8-6-7-18(14-19)25(22(27)24-11-4-3-5-12-24)15-17-10-9-16(13-20(17)23)21(26)29-2;1-17-12-7-5-6-11(10-12)14-13(16)15-8-3-2-4-9-15;1-13-9(12)6-2-3-7(5-10)8(11)4-6/h6-10,13-14H,3-5,11-12,15H2,1-2H3;5-7,10H,2-4,8-9H2,1H3,(H,14,16);2-4H,5H2,1H3. The molecule has 0 bridgehead atoms. The van der Waals surface area contributed by atoms with Gasteiger partial charge in [0.2, 0.25) is 0 Å². The van der Waals surface area contributed by atoms with E-state index >= 15 is 0 Å². The van der Waals surface area contributed by atoms with Crippen molar-refractivity contribution >= 4 is 51.3 Å². The smallest absolute Gasteiger partial charge is 0.337 e. The molecule has 6 rings (SSSR count). The normalized spacial score (nSPS) is 13.3. The lowest BCUT2D eigenvalue weighted by Gasteiger charge is -2.33. The second kappa shape index (κ2) is 23.6. The number of ether oxygens (including phenoxy) is 4. The third kappa shape index (κ3) is 13.7. The average Bonchev–Trinajstić information content (AvgIpc) is 3.28. The van der Waals surface area contributed by atoms with Crippen molar-refractivity contribution in [1.29, 1.82) is 0 Å². The van der Waals surface area contributed by atoms with Gasteiger partial charge in [0.25, 0.3) is 0 Å². The number of esters is 2. The number of carbonyl (C=O) groups excluding carboxylic acids is 4. The highest BCUT2D eigenvalue weighted by Crippen LogP contribution is 2.26. The summed E-state index contributed by atoms with van der Waals surface area (Å²) in [5, 5.41) is 3.32. The molecule has 15 heteroatoms. The molecule has 2 aliphatic rings. The number of hydrogen-bond donors (Lipinski definition) is 1. The maximum Gasteiger partial charge on any atom is 0.337 e. The minimum atomic E-state index is -0.607. The molecule has 0 atom stereocenters. The molecule has 0 radical (unpaired) electrons. The molecular formula is C44H51BrF2N4O8. The molecule has 0 aromatic heterocycles. The van der Waals surface area contributed by atoms with Gasteiger partial charge in [0.15, 0.2) is 0 Å². The number of hydrogen-bond acceptors (Lipinski definition) is 8. The van der Waals surface area contributed by atoms with Gasteiger partial charge >= 0.3 is 24.0 Å². The van der Waals surface area contributed by atoms with Crippen LogP contribution in [0, 0.1) is 11.6 Å². The van der Waals surface area contributed by atoms with Crippen LogP contribution < -0.4 is 19.7 Å². The largest absolute Gasteiger partial charge is 0.497 e. The number of rotatable bonds is 9. The Balaban J connectivity index is 0.000000216. The third-order valence-corrected chi connectivity index (χ3v) is 10.2. The summed E-state index contributed by atoms with van der Waals surface area (Å²) in [6, 6.07) is 22.8. The van der Waals surface area contributed by atoms with Crippen molar-refractivity contribution < 1.29 is 46.9 Å². The number of piperidine rings is 2. The molecule has 4 amide bonds. The third-order valence-electron chi connectivity index (χ3n) is 9.61. The minimum Gasteiger partial charge on any atom is -0.497 e. The summed E-state index contributed by atoms with van der Waals surface area (Å²) in [6.45, 7) is 3.12. The Morgan fingerprint density at radius 1 is 0.644 bits per heavy atom. The fourth-order valence-electron chi connectivity index (χ4n) is 6.30. The van der Waals surface area contributed by atoms with E-state index < -0.39 is 23.6 Å². The summed E-state index contributed by atoms with van der Waals surface area (Å²) >= 11 is 3.13. The molecule has 316 valence electrons. The van der Waals surface area contributed by atoms with Crippen LogP contribution in [0.2, 0.25) is 0 Å². The number of halogens is 3. The van der Waals surface area contributed by atoms with Crippen molar-refractivity contribution in [3.63, 3.8) is 0 Å². The summed E-state index contributed by atoms with van der Waals surface area (Å²) < 4.78 is 47.3. The van der Waals surface area contributed by atoms with Gasteiger partial charge in [-0.05, 0) is 92.6 Å². The van der Waals surface area contributed by atoms with E-state index in [1.165, 1.54) is 44.9 Å². The van der Waals surface area contributed by atoms with E-state index in [4.69, 9.17) is 9.47 Å². The Hall–Kier alpha value is -5.70. The van der Waals surface area contributed by atoms with Crippen LogP contribution in [-0.4, -0.2) is 88.4 Å². The Kier molecular flexibility index (Phi) is 18.4. The summed E-state index contributed by atoms with van der Waals surface area (Å²) in [5.74, 6) is -0.738. The molecule has 1 N–H and O–H groups in total. The summed E-state index contributed by atoms with van der Waals surface area (Å²) in [5.41, 5.74) is 2.59. The van der Waals surface area contributed by atoms with Crippen molar-refractivity contribution in [3.05, 3.63) is 119 Å². The molecule has 0 spiro atoms. The van der Waals surface area contributed by atoms with Crippen molar-refractivity contribution in [2.45, 2.75) is 50.4 Å². The van der Waals surface area contributed by atoms with Crippen LogP contribution in [0.5, 0.6) is 11.5 Å². The van der Waals surface area contributed by atoms with Gasteiger partial charge in [-0.2, -0.15) is 0 Å². The Bertz CT molecular complexity index is 2020. The molecule has 2 fully saturated rings. The SMILES string of the molecule is COC(=O)c1ccc(CBr)c(F)c1.COC(=O)c1ccc(CN(C(=O)N2CCCCC2)c2cccc(OC)c2)c(F)c1.COc1cccc(NC(=O)N2CCCCC2)c1. The highest BCUT2D eigenvalue weighted by atomic mass is 79.9.